The van der Waals surface area contributed by atoms with Crippen molar-refractivity contribution in [2.24, 2.45) is 5.73 Å². The van der Waals surface area contributed by atoms with Crippen LogP contribution in [0.25, 0.3) is 0 Å². The van der Waals surface area contributed by atoms with E-state index in [-0.39, 0.29) is 0 Å². The van der Waals surface area contributed by atoms with E-state index in [1.807, 2.05) is 17.5 Å². The van der Waals surface area contributed by atoms with Crippen molar-refractivity contribution in [3.8, 4) is 0 Å². The van der Waals surface area contributed by atoms with Crippen molar-refractivity contribution in [1.29, 1.82) is 0 Å². The molecule has 0 radical (unpaired) electrons. The van der Waals surface area contributed by atoms with Gasteiger partial charge in [-0.2, -0.15) is 0 Å². The van der Waals surface area contributed by atoms with Crippen LogP contribution in [0.3, 0.4) is 0 Å². The number of aliphatic carboxylic acids is 1. The minimum absolute atomic E-state index is 0.510. The summed E-state index contributed by atoms with van der Waals surface area (Å²) in [5, 5.41) is 10.5. The topological polar surface area (TPSA) is 63.3 Å². The summed E-state index contributed by atoms with van der Waals surface area (Å²) in [6.07, 6.45) is 1.26. The number of carboxylic acids is 1. The normalized spacial score (nSPS) is 12.8. The van der Waals surface area contributed by atoms with Gasteiger partial charge in [-0.15, -0.1) is 11.3 Å². The van der Waals surface area contributed by atoms with Crippen LogP contribution in [-0.2, 0) is 11.2 Å². The van der Waals surface area contributed by atoms with Crippen LogP contribution in [0.2, 0.25) is 0 Å². The maximum Gasteiger partial charge on any atom is 0.320 e. The smallest absolute Gasteiger partial charge is 0.320 e. The van der Waals surface area contributed by atoms with Gasteiger partial charge in [0.15, 0.2) is 0 Å². The highest BCUT2D eigenvalue weighted by atomic mass is 32.1. The minimum Gasteiger partial charge on any atom is -0.480 e. The Morgan fingerprint density at radius 1 is 1.75 bits per heavy atom. The molecule has 0 amide bonds. The lowest BCUT2D eigenvalue weighted by Crippen LogP contribution is -2.30. The zero-order valence-corrected chi connectivity index (χ0v) is 7.38. The molecule has 0 fully saturated rings. The number of carboxylic acid groups (broad SMARTS) is 1. The zero-order valence-electron chi connectivity index (χ0n) is 6.56. The highest BCUT2D eigenvalue weighted by Crippen LogP contribution is 2.11. The van der Waals surface area contributed by atoms with E-state index in [1.165, 1.54) is 4.88 Å². The first-order valence-electron chi connectivity index (χ1n) is 3.71. The summed E-state index contributed by atoms with van der Waals surface area (Å²) in [7, 11) is 0. The van der Waals surface area contributed by atoms with E-state index in [9.17, 15) is 4.79 Å². The lowest BCUT2D eigenvalue weighted by atomic mass is 10.1. The SMILES string of the molecule is N[C@H](CCc1cccs1)C(=O)O. The Bertz CT molecular complexity index is 246. The molecule has 0 unspecified atom stereocenters. The lowest BCUT2D eigenvalue weighted by Gasteiger charge is -2.03. The van der Waals surface area contributed by atoms with Crippen LogP contribution in [0.1, 0.15) is 11.3 Å². The van der Waals surface area contributed by atoms with Crippen LogP contribution in [0.5, 0.6) is 0 Å². The van der Waals surface area contributed by atoms with E-state index < -0.39 is 12.0 Å². The van der Waals surface area contributed by atoms with Crippen molar-refractivity contribution in [2.75, 3.05) is 0 Å². The molecule has 0 spiro atoms. The van der Waals surface area contributed by atoms with Gasteiger partial charge in [-0.1, -0.05) is 6.07 Å². The number of hydrogen-bond acceptors (Lipinski definition) is 3. The molecule has 0 aliphatic rings. The first-order valence-corrected chi connectivity index (χ1v) is 4.59. The molecule has 0 saturated heterocycles. The lowest BCUT2D eigenvalue weighted by molar-refractivity contribution is -0.138. The van der Waals surface area contributed by atoms with E-state index >= 15 is 0 Å². The number of thiophene rings is 1. The molecule has 0 saturated carbocycles. The van der Waals surface area contributed by atoms with Crippen molar-refractivity contribution in [1.82, 2.24) is 0 Å². The van der Waals surface area contributed by atoms with Crippen molar-refractivity contribution >= 4 is 17.3 Å². The Morgan fingerprint density at radius 2 is 2.50 bits per heavy atom. The second-order valence-corrected chi connectivity index (χ2v) is 3.60. The fourth-order valence-corrected chi connectivity index (χ4v) is 1.60. The molecule has 0 aliphatic heterocycles. The first-order chi connectivity index (χ1) is 5.70. The summed E-state index contributed by atoms with van der Waals surface area (Å²) in [5.74, 6) is -0.924. The van der Waals surface area contributed by atoms with Gasteiger partial charge in [0.2, 0.25) is 0 Å². The van der Waals surface area contributed by atoms with Gasteiger partial charge in [0.25, 0.3) is 0 Å². The Kier molecular flexibility index (Phi) is 3.25. The molecule has 0 aliphatic carbocycles. The Hall–Kier alpha value is -0.870. The maximum absolute atomic E-state index is 10.3. The Morgan fingerprint density at radius 3 is 3.00 bits per heavy atom. The van der Waals surface area contributed by atoms with Crippen molar-refractivity contribution < 1.29 is 9.90 Å². The number of aryl methyl sites for hydroxylation is 1. The number of rotatable bonds is 4. The minimum atomic E-state index is -0.924. The highest BCUT2D eigenvalue weighted by Gasteiger charge is 2.10. The van der Waals surface area contributed by atoms with Crippen molar-refractivity contribution in [2.45, 2.75) is 18.9 Å². The average Bonchev–Trinajstić information content (AvgIpc) is 2.51. The predicted molar refractivity (Wildman–Crippen MR) is 48.3 cm³/mol. The third-order valence-electron chi connectivity index (χ3n) is 1.60. The Balaban J connectivity index is 2.31. The van der Waals surface area contributed by atoms with Crippen LogP contribution in [-0.4, -0.2) is 17.1 Å². The molecule has 3 N–H and O–H groups in total. The van der Waals surface area contributed by atoms with Gasteiger partial charge in [-0.3, -0.25) is 4.79 Å². The molecule has 4 heteroatoms. The van der Waals surface area contributed by atoms with Crippen LogP contribution in [0, 0.1) is 0 Å². The van der Waals surface area contributed by atoms with Gasteiger partial charge in [0.1, 0.15) is 6.04 Å². The van der Waals surface area contributed by atoms with Crippen LogP contribution >= 0.6 is 11.3 Å². The summed E-state index contributed by atoms with van der Waals surface area (Å²) in [6.45, 7) is 0. The molecule has 1 rings (SSSR count). The number of nitrogens with two attached hydrogens (primary N) is 1. The van der Waals surface area contributed by atoms with Gasteiger partial charge in [0.05, 0.1) is 0 Å². The first kappa shape index (κ1) is 9.22. The molecule has 1 aromatic heterocycles. The third-order valence-corrected chi connectivity index (χ3v) is 2.54. The summed E-state index contributed by atoms with van der Waals surface area (Å²) in [6, 6.07) is 3.21. The molecule has 3 nitrogen and oxygen atoms in total. The van der Waals surface area contributed by atoms with Gasteiger partial charge in [-0.25, -0.2) is 0 Å². The zero-order chi connectivity index (χ0) is 8.97. The molecule has 0 aromatic carbocycles. The number of hydrogen-bond donors (Lipinski definition) is 2. The standard InChI is InChI=1S/C8H11NO2S/c9-7(8(10)11)4-3-6-2-1-5-12-6/h1-2,5,7H,3-4,9H2,(H,10,11)/t7-/m1/s1. The van der Waals surface area contributed by atoms with Gasteiger partial charge in [-0.05, 0) is 24.3 Å². The monoisotopic (exact) mass is 185 g/mol. The second kappa shape index (κ2) is 4.23. The molecule has 1 heterocycles. The molecule has 1 aromatic rings. The van der Waals surface area contributed by atoms with Crippen LogP contribution < -0.4 is 5.73 Å². The summed E-state index contributed by atoms with van der Waals surface area (Å²) < 4.78 is 0. The molecule has 66 valence electrons. The fraction of sp³-hybridized carbons (Fsp3) is 0.375. The average molecular weight is 185 g/mol. The van der Waals surface area contributed by atoms with E-state index in [2.05, 4.69) is 0 Å². The predicted octanol–water partition coefficient (Wildman–Crippen LogP) is 1.09. The number of carbonyl (C=O) groups is 1. The van der Waals surface area contributed by atoms with E-state index in [4.69, 9.17) is 10.8 Å². The molecular formula is C8H11NO2S. The third kappa shape index (κ3) is 2.64. The largest absolute Gasteiger partial charge is 0.480 e. The van der Waals surface area contributed by atoms with Gasteiger partial charge >= 0.3 is 5.97 Å². The Labute approximate surface area is 74.8 Å². The van der Waals surface area contributed by atoms with Crippen molar-refractivity contribution in [3.05, 3.63) is 22.4 Å². The quantitative estimate of drug-likeness (QED) is 0.738. The summed E-state index contributed by atoms with van der Waals surface area (Å²) in [5.41, 5.74) is 5.34. The van der Waals surface area contributed by atoms with Gasteiger partial charge in [0, 0.05) is 4.88 Å². The molecule has 12 heavy (non-hydrogen) atoms. The van der Waals surface area contributed by atoms with Crippen LogP contribution in [0.15, 0.2) is 17.5 Å². The van der Waals surface area contributed by atoms with E-state index in [1.54, 1.807) is 11.3 Å². The van der Waals surface area contributed by atoms with Crippen molar-refractivity contribution in [3.63, 3.8) is 0 Å². The molecular weight excluding hydrogens is 174 g/mol. The second-order valence-electron chi connectivity index (χ2n) is 2.56. The summed E-state index contributed by atoms with van der Waals surface area (Å²) >= 11 is 1.63. The molecule has 1 atom stereocenters. The molecule has 0 bridgehead atoms. The fourth-order valence-electron chi connectivity index (χ4n) is 0.876. The van der Waals surface area contributed by atoms with E-state index in [0.29, 0.717) is 6.42 Å². The van der Waals surface area contributed by atoms with Gasteiger partial charge < -0.3 is 10.8 Å². The highest BCUT2D eigenvalue weighted by molar-refractivity contribution is 7.09. The summed E-state index contributed by atoms with van der Waals surface area (Å²) in [4.78, 5) is 11.5. The maximum atomic E-state index is 10.3. The van der Waals surface area contributed by atoms with E-state index in [0.717, 1.165) is 6.42 Å². The van der Waals surface area contributed by atoms with Crippen LogP contribution in [0.4, 0.5) is 0 Å².